The van der Waals surface area contributed by atoms with E-state index in [1.807, 2.05) is 19.9 Å². The third kappa shape index (κ3) is 3.62. The number of carbonyl (C=O) groups is 1. The quantitative estimate of drug-likeness (QED) is 0.874. The summed E-state index contributed by atoms with van der Waals surface area (Å²) in [6.07, 6.45) is 0. The minimum atomic E-state index is -0.609. The van der Waals surface area contributed by atoms with Crippen LogP contribution in [0.15, 0.2) is 22.7 Å². The van der Waals surface area contributed by atoms with E-state index < -0.39 is 5.54 Å². The number of nitrogens with one attached hydrogen (secondary N) is 2. The SMILES string of the molecule is CC(C)(C(=O)Nc1ccc(Br)cc1C#N)N1CCNCC1. The Balaban J connectivity index is 2.15. The molecule has 0 radical (unpaired) electrons. The molecule has 1 heterocycles. The van der Waals surface area contributed by atoms with Gasteiger partial charge in [0.25, 0.3) is 0 Å². The van der Waals surface area contributed by atoms with Gasteiger partial charge in [-0.1, -0.05) is 15.9 Å². The number of nitriles is 1. The van der Waals surface area contributed by atoms with Crippen LogP contribution in [0.5, 0.6) is 0 Å². The van der Waals surface area contributed by atoms with Gasteiger partial charge >= 0.3 is 0 Å². The van der Waals surface area contributed by atoms with Crippen LogP contribution in [-0.2, 0) is 4.79 Å². The van der Waals surface area contributed by atoms with Crippen LogP contribution in [-0.4, -0.2) is 42.5 Å². The zero-order chi connectivity index (χ0) is 15.5. The highest BCUT2D eigenvalue weighted by atomic mass is 79.9. The molecule has 1 aromatic rings. The molecule has 0 saturated carbocycles. The lowest BCUT2D eigenvalue weighted by molar-refractivity contribution is -0.126. The first-order valence-corrected chi connectivity index (χ1v) is 7.71. The number of hydrogen-bond acceptors (Lipinski definition) is 4. The van der Waals surface area contributed by atoms with Crippen molar-refractivity contribution < 1.29 is 4.79 Å². The molecule has 1 fully saturated rings. The van der Waals surface area contributed by atoms with Gasteiger partial charge in [-0.05, 0) is 32.0 Å². The molecular weight excluding hydrogens is 332 g/mol. The second kappa shape index (κ2) is 6.56. The van der Waals surface area contributed by atoms with Crippen molar-refractivity contribution in [3.05, 3.63) is 28.2 Å². The summed E-state index contributed by atoms with van der Waals surface area (Å²) in [5.74, 6) is -0.0942. The van der Waals surface area contributed by atoms with Crippen LogP contribution in [0.1, 0.15) is 19.4 Å². The van der Waals surface area contributed by atoms with Crippen molar-refractivity contribution in [2.24, 2.45) is 0 Å². The third-order valence-electron chi connectivity index (χ3n) is 3.81. The molecule has 1 aliphatic rings. The summed E-state index contributed by atoms with van der Waals surface area (Å²) in [7, 11) is 0. The Morgan fingerprint density at radius 1 is 1.43 bits per heavy atom. The van der Waals surface area contributed by atoms with Gasteiger partial charge in [-0.25, -0.2) is 0 Å². The number of carbonyl (C=O) groups excluding carboxylic acids is 1. The fourth-order valence-electron chi connectivity index (χ4n) is 2.36. The highest BCUT2D eigenvalue weighted by Crippen LogP contribution is 2.23. The minimum absolute atomic E-state index is 0.0942. The average Bonchev–Trinajstić information content (AvgIpc) is 2.49. The maximum absolute atomic E-state index is 12.6. The van der Waals surface area contributed by atoms with Crippen LogP contribution < -0.4 is 10.6 Å². The van der Waals surface area contributed by atoms with Crippen LogP contribution in [0.3, 0.4) is 0 Å². The molecule has 0 aromatic heterocycles. The second-order valence-corrected chi connectivity index (χ2v) is 6.47. The maximum atomic E-state index is 12.6. The summed E-state index contributed by atoms with van der Waals surface area (Å²) in [5.41, 5.74) is 0.393. The molecule has 6 heteroatoms. The smallest absolute Gasteiger partial charge is 0.244 e. The second-order valence-electron chi connectivity index (χ2n) is 5.55. The molecular formula is C15H19BrN4O. The lowest BCUT2D eigenvalue weighted by Gasteiger charge is -2.39. The first-order valence-electron chi connectivity index (χ1n) is 6.92. The molecule has 0 atom stereocenters. The predicted octanol–water partition coefficient (Wildman–Crippen LogP) is 1.94. The first-order chi connectivity index (χ1) is 9.95. The van der Waals surface area contributed by atoms with Gasteiger partial charge in [0.05, 0.1) is 16.8 Å². The number of anilines is 1. The summed E-state index contributed by atoms with van der Waals surface area (Å²) >= 11 is 3.33. The zero-order valence-electron chi connectivity index (χ0n) is 12.2. The molecule has 0 spiro atoms. The first kappa shape index (κ1) is 16.0. The van der Waals surface area contributed by atoms with E-state index in [1.165, 1.54) is 0 Å². The summed E-state index contributed by atoms with van der Waals surface area (Å²) < 4.78 is 0.818. The van der Waals surface area contributed by atoms with Crippen LogP contribution in [0.4, 0.5) is 5.69 Å². The lowest BCUT2D eigenvalue weighted by atomic mass is 10.00. The van der Waals surface area contributed by atoms with Crippen LogP contribution in [0, 0.1) is 11.3 Å². The Bertz CT molecular complexity index is 574. The number of piperazine rings is 1. The summed E-state index contributed by atoms with van der Waals surface area (Å²) in [4.78, 5) is 14.7. The number of amides is 1. The molecule has 0 aliphatic carbocycles. The van der Waals surface area contributed by atoms with Gasteiger partial charge in [0.2, 0.25) is 5.91 Å². The molecule has 1 aromatic carbocycles. The Hall–Kier alpha value is -1.42. The molecule has 1 aliphatic heterocycles. The number of hydrogen-bond donors (Lipinski definition) is 2. The van der Waals surface area contributed by atoms with Crippen molar-refractivity contribution >= 4 is 27.5 Å². The van der Waals surface area contributed by atoms with E-state index in [0.29, 0.717) is 11.3 Å². The van der Waals surface area contributed by atoms with Gasteiger partial charge in [-0.15, -0.1) is 0 Å². The van der Waals surface area contributed by atoms with E-state index in [9.17, 15) is 4.79 Å². The monoisotopic (exact) mass is 350 g/mol. The van der Waals surface area contributed by atoms with E-state index in [2.05, 4.69) is 37.5 Å². The maximum Gasteiger partial charge on any atom is 0.244 e. The zero-order valence-corrected chi connectivity index (χ0v) is 13.8. The van der Waals surface area contributed by atoms with E-state index in [-0.39, 0.29) is 5.91 Å². The number of rotatable bonds is 3. The van der Waals surface area contributed by atoms with Gasteiger partial charge < -0.3 is 10.6 Å². The molecule has 112 valence electrons. The molecule has 2 N–H and O–H groups in total. The molecule has 5 nitrogen and oxygen atoms in total. The minimum Gasteiger partial charge on any atom is -0.323 e. The number of nitrogens with zero attached hydrogens (tertiary/aromatic N) is 2. The normalized spacial score (nSPS) is 16.3. The van der Waals surface area contributed by atoms with E-state index in [0.717, 1.165) is 30.7 Å². The standard InChI is InChI=1S/C15H19BrN4O/c1-15(2,20-7-5-18-6-8-20)14(21)19-13-4-3-12(16)9-11(13)10-17/h3-4,9,18H,5-8H2,1-2H3,(H,19,21). The summed E-state index contributed by atoms with van der Waals surface area (Å²) in [6.45, 7) is 7.28. The Morgan fingerprint density at radius 2 is 2.10 bits per heavy atom. The van der Waals surface area contributed by atoms with Gasteiger partial charge in [0, 0.05) is 30.7 Å². The van der Waals surface area contributed by atoms with Crippen molar-refractivity contribution in [3.8, 4) is 6.07 Å². The van der Waals surface area contributed by atoms with E-state index in [4.69, 9.17) is 5.26 Å². The molecule has 1 saturated heterocycles. The fraction of sp³-hybridized carbons (Fsp3) is 0.467. The molecule has 0 bridgehead atoms. The average molecular weight is 351 g/mol. The molecule has 0 unspecified atom stereocenters. The molecule has 21 heavy (non-hydrogen) atoms. The van der Waals surface area contributed by atoms with Gasteiger partial charge in [-0.2, -0.15) is 5.26 Å². The van der Waals surface area contributed by atoms with Gasteiger partial charge in [0.15, 0.2) is 0 Å². The molecule has 1 amide bonds. The Morgan fingerprint density at radius 3 is 2.71 bits per heavy atom. The largest absolute Gasteiger partial charge is 0.323 e. The fourth-order valence-corrected chi connectivity index (χ4v) is 2.72. The number of halogens is 1. The summed E-state index contributed by atoms with van der Waals surface area (Å²) in [5, 5.41) is 15.3. The van der Waals surface area contributed by atoms with Crippen LogP contribution in [0.2, 0.25) is 0 Å². The predicted molar refractivity (Wildman–Crippen MR) is 86.0 cm³/mol. The van der Waals surface area contributed by atoms with Gasteiger partial charge in [0.1, 0.15) is 6.07 Å². The highest BCUT2D eigenvalue weighted by Gasteiger charge is 2.35. The van der Waals surface area contributed by atoms with Crippen molar-refractivity contribution in [2.45, 2.75) is 19.4 Å². The van der Waals surface area contributed by atoms with Crippen molar-refractivity contribution in [1.82, 2.24) is 10.2 Å². The highest BCUT2D eigenvalue weighted by molar-refractivity contribution is 9.10. The van der Waals surface area contributed by atoms with Gasteiger partial charge in [-0.3, -0.25) is 9.69 Å². The number of benzene rings is 1. The van der Waals surface area contributed by atoms with E-state index in [1.54, 1.807) is 12.1 Å². The van der Waals surface area contributed by atoms with Crippen molar-refractivity contribution in [2.75, 3.05) is 31.5 Å². The lowest BCUT2D eigenvalue weighted by Crippen LogP contribution is -2.58. The van der Waals surface area contributed by atoms with E-state index >= 15 is 0 Å². The van der Waals surface area contributed by atoms with Crippen molar-refractivity contribution in [3.63, 3.8) is 0 Å². The molecule has 2 rings (SSSR count). The van der Waals surface area contributed by atoms with Crippen molar-refractivity contribution in [1.29, 1.82) is 5.26 Å². The Labute approximate surface area is 133 Å². The van der Waals surface area contributed by atoms with Crippen LogP contribution in [0.25, 0.3) is 0 Å². The third-order valence-corrected chi connectivity index (χ3v) is 4.31. The summed E-state index contributed by atoms with van der Waals surface area (Å²) in [6, 6.07) is 7.36. The Kier molecular flexibility index (Phi) is 4.99. The van der Waals surface area contributed by atoms with Crippen LogP contribution >= 0.6 is 15.9 Å². The topological polar surface area (TPSA) is 68.2 Å².